The molecule has 0 saturated heterocycles. The normalized spacial score (nSPS) is 10.5. The first-order chi connectivity index (χ1) is 11.8. The molecular formula is C18H37NaO6S. The van der Waals surface area contributed by atoms with Crippen LogP contribution in [0.5, 0.6) is 0 Å². The molecule has 0 unspecified atom stereocenters. The van der Waals surface area contributed by atoms with Crippen molar-refractivity contribution in [1.82, 2.24) is 0 Å². The van der Waals surface area contributed by atoms with Crippen LogP contribution in [0.2, 0.25) is 0 Å². The van der Waals surface area contributed by atoms with Crippen molar-refractivity contribution in [3.8, 4) is 0 Å². The molecule has 0 aliphatic rings. The van der Waals surface area contributed by atoms with Crippen LogP contribution in [0.25, 0.3) is 0 Å². The second kappa shape index (κ2) is 23.4. The summed E-state index contributed by atoms with van der Waals surface area (Å²) in [6.45, 7) is 6.30. The molecule has 6 nitrogen and oxygen atoms in total. The Morgan fingerprint density at radius 2 is 1.19 bits per heavy atom. The predicted molar refractivity (Wildman–Crippen MR) is 99.0 cm³/mol. The van der Waals surface area contributed by atoms with Gasteiger partial charge >= 0.3 is 35.5 Å². The van der Waals surface area contributed by atoms with E-state index in [1.807, 2.05) is 0 Å². The van der Waals surface area contributed by atoms with E-state index in [4.69, 9.17) is 0 Å². The summed E-state index contributed by atoms with van der Waals surface area (Å²) >= 11 is 0. The molecular weight excluding hydrogens is 367 g/mol. The SMILES string of the molecule is CCCCCCCCCCCCOS(=O)(=O)[O-].CCCCOC(C)=O.[Na+]. The molecule has 0 spiro atoms. The minimum atomic E-state index is -4.48. The van der Waals surface area contributed by atoms with Crippen LogP contribution in [0.15, 0.2) is 0 Å². The van der Waals surface area contributed by atoms with Gasteiger partial charge in [-0.3, -0.25) is 8.98 Å². The van der Waals surface area contributed by atoms with Crippen molar-refractivity contribution in [2.24, 2.45) is 0 Å². The minimum Gasteiger partial charge on any atom is -0.726 e. The summed E-state index contributed by atoms with van der Waals surface area (Å²) < 4.78 is 39.1. The smallest absolute Gasteiger partial charge is 0.726 e. The quantitative estimate of drug-likeness (QED) is 0.136. The van der Waals surface area contributed by atoms with Crippen molar-refractivity contribution in [2.45, 2.75) is 97.8 Å². The number of esters is 1. The molecule has 0 N–H and O–H groups in total. The Morgan fingerprint density at radius 3 is 1.58 bits per heavy atom. The van der Waals surface area contributed by atoms with E-state index >= 15 is 0 Å². The Kier molecular flexibility index (Phi) is 27.9. The Labute approximate surface area is 183 Å². The van der Waals surface area contributed by atoms with E-state index in [0.29, 0.717) is 13.0 Å². The number of carbonyl (C=O) groups is 1. The van der Waals surface area contributed by atoms with Crippen molar-refractivity contribution in [1.29, 1.82) is 0 Å². The van der Waals surface area contributed by atoms with E-state index in [0.717, 1.165) is 25.7 Å². The molecule has 0 aromatic heterocycles. The van der Waals surface area contributed by atoms with Crippen LogP contribution in [0.4, 0.5) is 0 Å². The first kappa shape index (κ1) is 31.0. The van der Waals surface area contributed by atoms with Gasteiger partial charge in [0.1, 0.15) is 0 Å². The van der Waals surface area contributed by atoms with Gasteiger partial charge in [0.15, 0.2) is 0 Å². The van der Waals surface area contributed by atoms with Gasteiger partial charge in [-0.2, -0.15) is 0 Å². The fraction of sp³-hybridized carbons (Fsp3) is 0.944. The first-order valence-corrected chi connectivity index (χ1v) is 10.9. The summed E-state index contributed by atoms with van der Waals surface area (Å²) in [4.78, 5) is 10.1. The van der Waals surface area contributed by atoms with Gasteiger partial charge in [-0.05, 0) is 12.8 Å². The van der Waals surface area contributed by atoms with Crippen molar-refractivity contribution in [3.63, 3.8) is 0 Å². The zero-order valence-corrected chi connectivity index (χ0v) is 20.1. The number of rotatable bonds is 15. The maximum Gasteiger partial charge on any atom is 1.00 e. The van der Waals surface area contributed by atoms with Crippen molar-refractivity contribution < 1.29 is 56.2 Å². The van der Waals surface area contributed by atoms with Crippen LogP contribution in [-0.2, 0) is 24.1 Å². The van der Waals surface area contributed by atoms with Crippen molar-refractivity contribution >= 4 is 16.4 Å². The van der Waals surface area contributed by atoms with Crippen LogP contribution in [0, 0.1) is 0 Å². The minimum absolute atomic E-state index is 0. The monoisotopic (exact) mass is 404 g/mol. The molecule has 26 heavy (non-hydrogen) atoms. The third-order valence-electron chi connectivity index (χ3n) is 3.53. The molecule has 0 saturated carbocycles. The average molecular weight is 405 g/mol. The van der Waals surface area contributed by atoms with Crippen molar-refractivity contribution in [2.75, 3.05) is 13.2 Å². The second-order valence-electron chi connectivity index (χ2n) is 6.11. The largest absolute Gasteiger partial charge is 1.00 e. The van der Waals surface area contributed by atoms with E-state index in [9.17, 15) is 17.8 Å². The number of carbonyl (C=O) groups excluding carboxylic acids is 1. The molecule has 0 aromatic carbocycles. The fourth-order valence-electron chi connectivity index (χ4n) is 2.11. The molecule has 0 atom stereocenters. The van der Waals surface area contributed by atoms with Gasteiger partial charge in [0.25, 0.3) is 0 Å². The average Bonchev–Trinajstić information content (AvgIpc) is 2.52. The second-order valence-corrected chi connectivity index (χ2v) is 7.16. The molecule has 152 valence electrons. The van der Waals surface area contributed by atoms with Gasteiger partial charge < -0.3 is 9.29 Å². The molecule has 0 aromatic rings. The molecule has 0 aliphatic carbocycles. The summed E-state index contributed by atoms with van der Waals surface area (Å²) in [5.74, 6) is -0.182. The molecule has 0 rings (SSSR count). The Hall–Kier alpha value is 0.340. The predicted octanol–water partition coefficient (Wildman–Crippen LogP) is 1.74. The van der Waals surface area contributed by atoms with Crippen LogP contribution in [-0.4, -0.2) is 32.2 Å². The van der Waals surface area contributed by atoms with Crippen LogP contribution in [0.1, 0.15) is 97.8 Å². The molecule has 8 heteroatoms. The summed E-state index contributed by atoms with van der Waals surface area (Å²) in [5.41, 5.74) is 0. The maximum atomic E-state index is 10.1. The van der Waals surface area contributed by atoms with E-state index in [2.05, 4.69) is 22.8 Å². The van der Waals surface area contributed by atoms with Gasteiger partial charge in [0.2, 0.25) is 10.4 Å². The van der Waals surface area contributed by atoms with Crippen LogP contribution in [0.3, 0.4) is 0 Å². The number of hydrogen-bond donors (Lipinski definition) is 0. The molecule has 0 bridgehead atoms. The van der Waals surface area contributed by atoms with E-state index in [-0.39, 0.29) is 42.1 Å². The topological polar surface area (TPSA) is 92.7 Å². The third-order valence-corrected chi connectivity index (χ3v) is 3.98. The zero-order valence-electron chi connectivity index (χ0n) is 17.3. The van der Waals surface area contributed by atoms with Gasteiger partial charge in [0.05, 0.1) is 13.2 Å². The van der Waals surface area contributed by atoms with Crippen LogP contribution >= 0.6 is 0 Å². The van der Waals surface area contributed by atoms with Crippen LogP contribution < -0.4 is 29.6 Å². The van der Waals surface area contributed by atoms with Gasteiger partial charge in [-0.15, -0.1) is 0 Å². The first-order valence-electron chi connectivity index (χ1n) is 9.57. The summed E-state index contributed by atoms with van der Waals surface area (Å²) in [7, 11) is -4.48. The van der Waals surface area contributed by atoms with Gasteiger partial charge in [-0.1, -0.05) is 78.1 Å². The number of ether oxygens (including phenoxy) is 1. The summed E-state index contributed by atoms with van der Waals surface area (Å²) in [6, 6.07) is 0. The molecule has 0 aliphatic heterocycles. The fourth-order valence-corrected chi connectivity index (χ4v) is 2.43. The number of hydrogen-bond acceptors (Lipinski definition) is 6. The molecule has 0 amide bonds. The third kappa shape index (κ3) is 35.4. The summed E-state index contributed by atoms with van der Waals surface area (Å²) in [5, 5.41) is 0. The molecule has 0 fully saturated rings. The Balaban J connectivity index is -0.000000498. The van der Waals surface area contributed by atoms with Gasteiger partial charge in [0, 0.05) is 6.92 Å². The Morgan fingerprint density at radius 1 is 0.769 bits per heavy atom. The molecule has 0 radical (unpaired) electrons. The van der Waals surface area contributed by atoms with Crippen molar-refractivity contribution in [3.05, 3.63) is 0 Å². The van der Waals surface area contributed by atoms with E-state index < -0.39 is 10.4 Å². The van der Waals surface area contributed by atoms with E-state index in [1.54, 1.807) is 0 Å². The standard InChI is InChI=1S/C12H26O4S.C6H12O2.Na/c1-2-3-4-5-6-7-8-9-10-11-12-16-17(13,14)15;1-3-4-5-8-6(2)7;/h2-12H2,1H3,(H,13,14,15);3-5H2,1-2H3;/q;;+1/p-1. The van der Waals surface area contributed by atoms with E-state index in [1.165, 1.54) is 51.9 Å². The molecule has 0 heterocycles. The summed E-state index contributed by atoms with van der Waals surface area (Å²) in [6.07, 6.45) is 13.7. The zero-order chi connectivity index (χ0) is 19.4. The van der Waals surface area contributed by atoms with Gasteiger partial charge in [-0.25, -0.2) is 8.42 Å². The Bertz CT molecular complexity index is 387. The maximum absolute atomic E-state index is 10.1. The number of unbranched alkanes of at least 4 members (excludes halogenated alkanes) is 10.